The van der Waals surface area contributed by atoms with Crippen molar-refractivity contribution in [3.63, 3.8) is 0 Å². The SMILES string of the molecule is CC(C)CNC(=S)N(CCCn1ccnc1)Cc1ccc(F)cc1. The lowest BCUT2D eigenvalue weighted by Gasteiger charge is -2.26. The monoisotopic (exact) mass is 348 g/mol. The second-order valence-electron chi connectivity index (χ2n) is 6.28. The Morgan fingerprint density at radius 3 is 2.71 bits per heavy atom. The third-order valence-electron chi connectivity index (χ3n) is 3.64. The smallest absolute Gasteiger partial charge is 0.169 e. The van der Waals surface area contributed by atoms with Crippen LogP contribution in [0.25, 0.3) is 0 Å². The van der Waals surface area contributed by atoms with Gasteiger partial charge < -0.3 is 14.8 Å². The maximum atomic E-state index is 13.1. The van der Waals surface area contributed by atoms with Crippen molar-refractivity contribution in [1.29, 1.82) is 0 Å². The van der Waals surface area contributed by atoms with E-state index in [1.165, 1.54) is 12.1 Å². The van der Waals surface area contributed by atoms with Gasteiger partial charge in [-0.3, -0.25) is 0 Å². The van der Waals surface area contributed by atoms with Gasteiger partial charge in [0.25, 0.3) is 0 Å². The Labute approximate surface area is 148 Å². The van der Waals surface area contributed by atoms with Crippen molar-refractivity contribution in [3.8, 4) is 0 Å². The normalized spacial score (nSPS) is 10.8. The Bertz CT molecular complexity index is 610. The molecule has 0 unspecified atom stereocenters. The minimum atomic E-state index is -0.217. The number of hydrogen-bond donors (Lipinski definition) is 1. The summed E-state index contributed by atoms with van der Waals surface area (Å²) in [6.45, 7) is 7.55. The van der Waals surface area contributed by atoms with Gasteiger partial charge >= 0.3 is 0 Å². The summed E-state index contributed by atoms with van der Waals surface area (Å²) in [5.74, 6) is 0.312. The summed E-state index contributed by atoms with van der Waals surface area (Å²) < 4.78 is 15.1. The van der Waals surface area contributed by atoms with Gasteiger partial charge in [-0.15, -0.1) is 0 Å². The molecule has 0 radical (unpaired) electrons. The fourth-order valence-electron chi connectivity index (χ4n) is 2.33. The molecule has 4 nitrogen and oxygen atoms in total. The zero-order valence-corrected chi connectivity index (χ0v) is 15.1. The van der Waals surface area contributed by atoms with Crippen LogP contribution in [0.3, 0.4) is 0 Å². The van der Waals surface area contributed by atoms with Crippen molar-refractivity contribution in [1.82, 2.24) is 19.8 Å². The van der Waals surface area contributed by atoms with E-state index in [4.69, 9.17) is 12.2 Å². The van der Waals surface area contributed by atoms with E-state index in [0.29, 0.717) is 12.5 Å². The van der Waals surface area contributed by atoms with Crippen LogP contribution < -0.4 is 5.32 Å². The average molecular weight is 348 g/mol. The highest BCUT2D eigenvalue weighted by molar-refractivity contribution is 7.80. The van der Waals surface area contributed by atoms with Crippen molar-refractivity contribution in [2.45, 2.75) is 33.4 Å². The fraction of sp³-hybridized carbons (Fsp3) is 0.444. The van der Waals surface area contributed by atoms with Crippen LogP contribution in [0.5, 0.6) is 0 Å². The highest BCUT2D eigenvalue weighted by Gasteiger charge is 2.11. The highest BCUT2D eigenvalue weighted by atomic mass is 32.1. The molecule has 0 saturated carbocycles. The van der Waals surface area contributed by atoms with Crippen molar-refractivity contribution in [2.24, 2.45) is 5.92 Å². The molecule has 2 aromatic rings. The van der Waals surface area contributed by atoms with Crippen LogP contribution in [-0.2, 0) is 13.1 Å². The molecule has 1 aromatic heterocycles. The topological polar surface area (TPSA) is 33.1 Å². The van der Waals surface area contributed by atoms with E-state index in [9.17, 15) is 4.39 Å². The van der Waals surface area contributed by atoms with Crippen LogP contribution in [0.15, 0.2) is 43.0 Å². The molecule has 24 heavy (non-hydrogen) atoms. The first-order valence-electron chi connectivity index (χ1n) is 8.27. The summed E-state index contributed by atoms with van der Waals surface area (Å²) in [4.78, 5) is 6.20. The number of rotatable bonds is 8. The molecule has 1 N–H and O–H groups in total. The Morgan fingerprint density at radius 2 is 2.08 bits per heavy atom. The second-order valence-corrected chi connectivity index (χ2v) is 6.67. The van der Waals surface area contributed by atoms with Crippen molar-refractivity contribution in [2.75, 3.05) is 13.1 Å². The van der Waals surface area contributed by atoms with Crippen LogP contribution in [0.1, 0.15) is 25.8 Å². The van der Waals surface area contributed by atoms with Crippen LogP contribution in [-0.4, -0.2) is 32.7 Å². The number of aromatic nitrogens is 2. The summed E-state index contributed by atoms with van der Waals surface area (Å²) in [6, 6.07) is 6.60. The number of hydrogen-bond acceptors (Lipinski definition) is 2. The first-order valence-corrected chi connectivity index (χ1v) is 8.68. The standard InChI is InChI=1S/C18H25FN4S/c1-15(2)12-21-18(24)23(10-3-9-22-11-8-20-14-22)13-16-4-6-17(19)7-5-16/h4-8,11,14-15H,3,9-10,12-13H2,1-2H3,(H,21,24). The van der Waals surface area contributed by atoms with Gasteiger partial charge in [0, 0.05) is 38.6 Å². The number of aryl methyl sites for hydroxylation is 1. The maximum Gasteiger partial charge on any atom is 0.169 e. The Balaban J connectivity index is 1.93. The molecule has 6 heteroatoms. The predicted molar refractivity (Wildman–Crippen MR) is 99.1 cm³/mol. The highest BCUT2D eigenvalue weighted by Crippen LogP contribution is 2.08. The average Bonchev–Trinajstić information content (AvgIpc) is 3.07. The van der Waals surface area contributed by atoms with Gasteiger partial charge in [-0.05, 0) is 42.3 Å². The molecule has 0 saturated heterocycles. The summed E-state index contributed by atoms with van der Waals surface area (Å²) >= 11 is 5.55. The van der Waals surface area contributed by atoms with E-state index >= 15 is 0 Å². The first kappa shape index (κ1) is 18.4. The molecule has 1 aromatic carbocycles. The van der Waals surface area contributed by atoms with Crippen LogP contribution >= 0.6 is 12.2 Å². The zero-order valence-electron chi connectivity index (χ0n) is 14.3. The summed E-state index contributed by atoms with van der Waals surface area (Å²) in [5, 5.41) is 4.07. The fourth-order valence-corrected chi connectivity index (χ4v) is 2.57. The zero-order chi connectivity index (χ0) is 17.4. The number of thiocarbonyl (C=S) groups is 1. The molecule has 0 bridgehead atoms. The predicted octanol–water partition coefficient (Wildman–Crippen LogP) is 3.45. The molecular weight excluding hydrogens is 323 g/mol. The minimum Gasteiger partial charge on any atom is -0.362 e. The van der Waals surface area contributed by atoms with Crippen LogP contribution in [0.2, 0.25) is 0 Å². The van der Waals surface area contributed by atoms with E-state index in [2.05, 4.69) is 33.6 Å². The van der Waals surface area contributed by atoms with E-state index in [1.807, 2.05) is 24.7 Å². The molecule has 0 atom stereocenters. The largest absolute Gasteiger partial charge is 0.362 e. The lowest BCUT2D eigenvalue weighted by atomic mass is 10.2. The third kappa shape index (κ3) is 6.28. The molecular formula is C18H25FN4S. The quantitative estimate of drug-likeness (QED) is 0.741. The Hall–Kier alpha value is -1.95. The number of halogens is 1. The van der Waals surface area contributed by atoms with Gasteiger partial charge in [0.15, 0.2) is 5.11 Å². The molecule has 0 fully saturated rings. The lowest BCUT2D eigenvalue weighted by Crippen LogP contribution is -2.41. The molecule has 0 spiro atoms. The van der Waals surface area contributed by atoms with Gasteiger partial charge in [0.2, 0.25) is 0 Å². The van der Waals surface area contributed by atoms with E-state index in [-0.39, 0.29) is 5.82 Å². The Morgan fingerprint density at radius 1 is 1.33 bits per heavy atom. The lowest BCUT2D eigenvalue weighted by molar-refractivity contribution is 0.382. The molecule has 0 aliphatic carbocycles. The van der Waals surface area contributed by atoms with Crippen molar-refractivity contribution in [3.05, 3.63) is 54.4 Å². The van der Waals surface area contributed by atoms with E-state index in [1.54, 1.807) is 6.20 Å². The minimum absolute atomic E-state index is 0.217. The molecule has 2 rings (SSSR count). The second kappa shape index (κ2) is 9.37. The van der Waals surface area contributed by atoms with Gasteiger partial charge in [0.1, 0.15) is 5.82 Å². The van der Waals surface area contributed by atoms with E-state index < -0.39 is 0 Å². The number of benzene rings is 1. The molecule has 0 amide bonds. The Kier molecular flexibility index (Phi) is 7.18. The van der Waals surface area contributed by atoms with Gasteiger partial charge in [-0.25, -0.2) is 9.37 Å². The van der Waals surface area contributed by atoms with Gasteiger partial charge in [-0.2, -0.15) is 0 Å². The summed E-state index contributed by atoms with van der Waals surface area (Å²) in [5.41, 5.74) is 1.05. The maximum absolute atomic E-state index is 13.1. The molecule has 0 aliphatic rings. The first-order chi connectivity index (χ1) is 11.5. The van der Waals surface area contributed by atoms with Gasteiger partial charge in [0.05, 0.1) is 6.33 Å². The van der Waals surface area contributed by atoms with Gasteiger partial charge in [-0.1, -0.05) is 26.0 Å². The summed E-state index contributed by atoms with van der Waals surface area (Å²) in [7, 11) is 0. The van der Waals surface area contributed by atoms with Crippen molar-refractivity contribution >= 4 is 17.3 Å². The van der Waals surface area contributed by atoms with E-state index in [0.717, 1.165) is 36.7 Å². The molecule has 130 valence electrons. The van der Waals surface area contributed by atoms with Crippen LogP contribution in [0, 0.1) is 11.7 Å². The molecule has 1 heterocycles. The van der Waals surface area contributed by atoms with Crippen LogP contribution in [0.4, 0.5) is 4.39 Å². The summed E-state index contributed by atoms with van der Waals surface area (Å²) in [6.07, 6.45) is 6.52. The third-order valence-corrected chi connectivity index (χ3v) is 4.04. The number of imidazole rings is 1. The molecule has 0 aliphatic heterocycles. The number of nitrogens with one attached hydrogen (secondary N) is 1. The van der Waals surface area contributed by atoms with Crippen molar-refractivity contribution < 1.29 is 4.39 Å². The number of nitrogens with zero attached hydrogens (tertiary/aromatic N) is 3.